The third-order valence-electron chi connectivity index (χ3n) is 18.0. The van der Waals surface area contributed by atoms with Gasteiger partial charge < -0.3 is 56.3 Å². The molecule has 2 heterocycles. The fraction of sp³-hybridized carbons (Fsp3) is 0.688. The van der Waals surface area contributed by atoms with E-state index >= 15 is 0 Å². The predicted octanol–water partition coefficient (Wildman–Crippen LogP) is 6.07. The molecule has 6 N–H and O–H groups in total. The fourth-order valence-electron chi connectivity index (χ4n) is 13.3. The van der Waals surface area contributed by atoms with Crippen molar-refractivity contribution in [1.29, 1.82) is 0 Å². The third kappa shape index (κ3) is 19.7. The van der Waals surface area contributed by atoms with Crippen molar-refractivity contribution in [2.75, 3.05) is 73.5 Å². The first-order valence-corrected chi connectivity index (χ1v) is 31.4. The van der Waals surface area contributed by atoms with Gasteiger partial charge in [0.05, 0.1) is 44.3 Å². The number of piperazine rings is 2. The minimum Gasteiger partial charge on any atom is -0.352 e. The van der Waals surface area contributed by atoms with Gasteiger partial charge in [-0.2, -0.15) is 0 Å². The van der Waals surface area contributed by atoms with E-state index in [9.17, 15) is 38.4 Å². The second-order valence-corrected chi connectivity index (χ2v) is 23.7. The van der Waals surface area contributed by atoms with Crippen LogP contribution in [0.3, 0.4) is 0 Å². The molecule has 18 nitrogen and oxygen atoms in total. The summed E-state index contributed by atoms with van der Waals surface area (Å²) in [5, 5.41) is 18.4. The Bertz CT molecular complexity index is 2340. The van der Waals surface area contributed by atoms with Gasteiger partial charge >= 0.3 is 0 Å². The van der Waals surface area contributed by atoms with Gasteiger partial charge in [0.15, 0.2) is 0 Å². The topological polar surface area (TPSA) is 222 Å². The number of rotatable bonds is 23. The first-order valence-electron chi connectivity index (χ1n) is 31.4. The Morgan fingerprint density at radius 3 is 1.57 bits per heavy atom. The fourth-order valence-corrected chi connectivity index (χ4v) is 13.3. The van der Waals surface area contributed by atoms with Crippen molar-refractivity contribution >= 4 is 48.1 Å². The summed E-state index contributed by atoms with van der Waals surface area (Å²) in [6, 6.07) is 14.8. The zero-order chi connectivity index (χ0) is 58.6. The minimum absolute atomic E-state index is 0.0137. The normalized spacial score (nSPS) is 21.8. The lowest BCUT2D eigenvalue weighted by molar-refractivity contribution is -0.151. The van der Waals surface area contributed by atoms with Gasteiger partial charge in [-0.15, -0.1) is 0 Å². The van der Waals surface area contributed by atoms with E-state index in [0.29, 0.717) is 64.1 Å². The lowest BCUT2D eigenvalue weighted by Gasteiger charge is -2.43. The summed E-state index contributed by atoms with van der Waals surface area (Å²) < 4.78 is 0. The average molecular weight is 1140 g/mol. The lowest BCUT2D eigenvalue weighted by atomic mass is 9.83. The van der Waals surface area contributed by atoms with E-state index in [1.165, 1.54) is 54.6 Å². The Hall–Kier alpha value is -5.72. The van der Waals surface area contributed by atoms with Crippen LogP contribution in [-0.4, -0.2) is 165 Å². The number of hydrogen-bond acceptors (Lipinski definition) is 11. The molecule has 4 aliphatic carbocycles. The molecule has 6 unspecified atom stereocenters. The van der Waals surface area contributed by atoms with Crippen molar-refractivity contribution in [1.82, 2.24) is 51.5 Å². The molecule has 2 aliphatic heterocycles. The van der Waals surface area contributed by atoms with Crippen molar-refractivity contribution in [3.63, 3.8) is 0 Å². The van der Waals surface area contributed by atoms with E-state index < -0.39 is 12.1 Å². The molecule has 7 amide bonds. The van der Waals surface area contributed by atoms with Gasteiger partial charge in [0.25, 0.3) is 0 Å². The standard InChI is InChI=1S/C50H71N7O6.C11H22N2O.C3H7NO/c1-51-47(38-19-7-6-8-20-38)50(63)57-32-31-55(34-44(57)49(62)53-42-26-16-22-37-18-12-14-24-40(37)42)46(60)28-10-5-3-2-4-9-27-45(59)54-29-30-56(35-58)43(33-54)48(61)52-41-25-15-21-36-17-11-13-23-39(36)41;1-9(13-11(14)8-12-2)10-6-4-3-5-7-10;1-4-2-3-5/h11-14,17-18,23-24,35,38,41-44,47,51H,2-10,15-16,19-22,25-34H2,1H3,(H,52,61)(H,53,62);9-10,12H,3-8H2,1-2H3,(H,13,14);3-4H,2H2,1H3. The summed E-state index contributed by atoms with van der Waals surface area (Å²) in [5.41, 5.74) is 4.79. The zero-order valence-electron chi connectivity index (χ0n) is 50.1. The summed E-state index contributed by atoms with van der Waals surface area (Å²) in [5.74, 6) is 0.668. The Balaban J connectivity index is 0.000000483. The van der Waals surface area contributed by atoms with Gasteiger partial charge in [0.2, 0.25) is 41.9 Å². The molecule has 2 saturated carbocycles. The maximum Gasteiger partial charge on any atom is 0.245 e. The molecule has 4 fully saturated rings. The summed E-state index contributed by atoms with van der Waals surface area (Å²) >= 11 is 0. The number of fused-ring (bicyclic) bond motifs is 2. The summed E-state index contributed by atoms with van der Waals surface area (Å²) in [6.07, 6.45) is 25.2. The second kappa shape index (κ2) is 35.4. The molecular weight excluding hydrogens is 1040 g/mol. The van der Waals surface area contributed by atoms with Crippen molar-refractivity contribution in [3.8, 4) is 0 Å². The number of carbonyl (C=O) groups is 8. The number of amides is 7. The Morgan fingerprint density at radius 1 is 0.573 bits per heavy atom. The van der Waals surface area contributed by atoms with Gasteiger partial charge in [0, 0.05) is 45.1 Å². The molecule has 0 spiro atoms. The first kappa shape index (κ1) is 65.4. The van der Waals surface area contributed by atoms with Crippen LogP contribution in [0.2, 0.25) is 0 Å². The van der Waals surface area contributed by atoms with Gasteiger partial charge in [-0.3, -0.25) is 33.6 Å². The highest BCUT2D eigenvalue weighted by Gasteiger charge is 2.42. The molecule has 2 aromatic rings. The number of nitrogens with one attached hydrogen (secondary N) is 6. The maximum atomic E-state index is 14.2. The quantitative estimate of drug-likeness (QED) is 0.0554. The molecule has 454 valence electrons. The molecule has 8 rings (SSSR count). The highest BCUT2D eigenvalue weighted by atomic mass is 16.2. The van der Waals surface area contributed by atoms with Crippen molar-refractivity contribution < 1.29 is 38.4 Å². The van der Waals surface area contributed by atoms with Crippen molar-refractivity contribution in [2.24, 2.45) is 11.8 Å². The van der Waals surface area contributed by atoms with E-state index in [2.05, 4.69) is 63.1 Å². The summed E-state index contributed by atoms with van der Waals surface area (Å²) in [7, 11) is 5.37. The van der Waals surface area contributed by atoms with Crippen LogP contribution in [0.4, 0.5) is 0 Å². The number of nitrogens with zero attached hydrogens (tertiary/aromatic N) is 4. The van der Waals surface area contributed by atoms with E-state index in [0.717, 1.165) is 127 Å². The van der Waals surface area contributed by atoms with E-state index in [1.807, 2.05) is 31.3 Å². The second-order valence-electron chi connectivity index (χ2n) is 23.7. The van der Waals surface area contributed by atoms with Gasteiger partial charge in [-0.25, -0.2) is 0 Å². The number of benzene rings is 2. The van der Waals surface area contributed by atoms with Crippen LogP contribution in [-0.2, 0) is 51.2 Å². The molecule has 0 radical (unpaired) electrons. The predicted molar refractivity (Wildman–Crippen MR) is 320 cm³/mol. The number of unbranched alkanes of at least 4 members (excludes halogenated alkanes) is 5. The third-order valence-corrected chi connectivity index (χ3v) is 18.0. The molecule has 82 heavy (non-hydrogen) atoms. The number of likely N-dealkylation sites (N-methyl/N-ethyl adjacent to an activating group) is 3. The number of hydrogen-bond donors (Lipinski definition) is 6. The largest absolute Gasteiger partial charge is 0.352 e. The zero-order valence-corrected chi connectivity index (χ0v) is 50.1. The average Bonchev–Trinajstić information content (AvgIpc) is 3.53. The van der Waals surface area contributed by atoms with Crippen LogP contribution in [0.5, 0.6) is 0 Å². The monoisotopic (exact) mass is 1140 g/mol. The Kier molecular flexibility index (Phi) is 28.3. The smallest absolute Gasteiger partial charge is 0.245 e. The number of aryl methyl sites for hydroxylation is 2. The van der Waals surface area contributed by atoms with Gasteiger partial charge in [-0.1, -0.05) is 113 Å². The maximum absolute atomic E-state index is 14.2. The van der Waals surface area contributed by atoms with Crippen molar-refractivity contribution in [3.05, 3.63) is 70.8 Å². The molecule has 0 aromatic heterocycles. The summed E-state index contributed by atoms with van der Waals surface area (Å²) in [4.78, 5) is 108. The van der Waals surface area contributed by atoms with Crippen molar-refractivity contribution in [2.45, 2.75) is 197 Å². The minimum atomic E-state index is -0.747. The van der Waals surface area contributed by atoms with Crippen LogP contribution in [0.1, 0.15) is 183 Å². The Labute approximate surface area is 489 Å². The van der Waals surface area contributed by atoms with Gasteiger partial charge in [-0.05, 0) is 139 Å². The highest BCUT2D eigenvalue weighted by Crippen LogP contribution is 2.33. The highest BCUT2D eigenvalue weighted by molar-refractivity contribution is 5.91. The van der Waals surface area contributed by atoms with E-state index in [-0.39, 0.29) is 72.6 Å². The van der Waals surface area contributed by atoms with Crippen LogP contribution in [0.25, 0.3) is 0 Å². The number of aldehydes is 1. The van der Waals surface area contributed by atoms with Crippen LogP contribution < -0.4 is 31.9 Å². The SMILES string of the molecule is CNC(C(=O)N1CCN(C(=O)CCCCCCCCC(=O)N2CCN(C=O)C(C(=O)NC3CCCc4ccccc43)C2)CC1C(=O)NC1CCCc2ccccc21)C1CCCCC1.CNCC(=O)NC(C)C1CCCCC1.CNCC=O. The van der Waals surface area contributed by atoms with E-state index in [4.69, 9.17) is 0 Å². The molecule has 0 bridgehead atoms. The van der Waals surface area contributed by atoms with Gasteiger partial charge in [0.1, 0.15) is 18.4 Å². The Morgan fingerprint density at radius 2 is 1.07 bits per heavy atom. The molecule has 2 saturated heterocycles. The summed E-state index contributed by atoms with van der Waals surface area (Å²) in [6.45, 7) is 4.93. The molecule has 18 heteroatoms. The van der Waals surface area contributed by atoms with Crippen LogP contribution in [0, 0.1) is 11.8 Å². The van der Waals surface area contributed by atoms with Crippen LogP contribution in [0.15, 0.2) is 48.5 Å². The number of carbonyl (C=O) groups excluding carboxylic acids is 8. The van der Waals surface area contributed by atoms with E-state index in [1.54, 1.807) is 28.8 Å². The van der Waals surface area contributed by atoms with Crippen LogP contribution >= 0.6 is 0 Å². The molecule has 2 aromatic carbocycles. The first-order chi connectivity index (χ1) is 39.9. The molecule has 6 atom stereocenters. The molecule has 6 aliphatic rings. The molecular formula is C64H100N10O8. The lowest BCUT2D eigenvalue weighted by Crippen LogP contribution is -2.64.